The summed E-state index contributed by atoms with van der Waals surface area (Å²) < 4.78 is 6.57. The van der Waals surface area contributed by atoms with Crippen molar-refractivity contribution >= 4 is 5.97 Å². The molecule has 0 aromatic carbocycles. The SMILES string of the molecule is O=C(CCn1ccccc1=O)OCc1cccnc1. The van der Waals surface area contributed by atoms with Crippen molar-refractivity contribution in [2.75, 3.05) is 0 Å². The van der Waals surface area contributed by atoms with Gasteiger partial charge in [-0.05, 0) is 12.1 Å². The van der Waals surface area contributed by atoms with Crippen LogP contribution in [0.1, 0.15) is 12.0 Å². The zero-order chi connectivity index (χ0) is 13.5. The Hall–Kier alpha value is -2.43. The summed E-state index contributed by atoms with van der Waals surface area (Å²) in [7, 11) is 0. The first-order chi connectivity index (χ1) is 9.25. The topological polar surface area (TPSA) is 61.2 Å². The van der Waals surface area contributed by atoms with Crippen LogP contribution in [0.3, 0.4) is 0 Å². The highest BCUT2D eigenvalue weighted by molar-refractivity contribution is 5.69. The maximum absolute atomic E-state index is 11.5. The molecular formula is C14H14N2O3. The average Bonchev–Trinajstić information content (AvgIpc) is 2.45. The first-order valence-corrected chi connectivity index (χ1v) is 5.96. The van der Waals surface area contributed by atoms with Gasteiger partial charge in [0, 0.05) is 36.8 Å². The molecule has 19 heavy (non-hydrogen) atoms. The number of nitrogens with zero attached hydrogens (tertiary/aromatic N) is 2. The minimum Gasteiger partial charge on any atom is -0.461 e. The summed E-state index contributed by atoms with van der Waals surface area (Å²) >= 11 is 0. The lowest BCUT2D eigenvalue weighted by atomic mass is 10.3. The average molecular weight is 258 g/mol. The molecule has 0 spiro atoms. The third kappa shape index (κ3) is 4.06. The highest BCUT2D eigenvalue weighted by Crippen LogP contribution is 2.00. The van der Waals surface area contributed by atoms with E-state index in [1.54, 1.807) is 36.8 Å². The Balaban J connectivity index is 1.79. The van der Waals surface area contributed by atoms with Crippen LogP contribution in [0, 0.1) is 0 Å². The van der Waals surface area contributed by atoms with E-state index >= 15 is 0 Å². The molecule has 2 aromatic heterocycles. The maximum atomic E-state index is 11.5. The third-order valence-electron chi connectivity index (χ3n) is 2.58. The van der Waals surface area contributed by atoms with Crippen molar-refractivity contribution in [3.05, 3.63) is 64.8 Å². The molecule has 2 heterocycles. The van der Waals surface area contributed by atoms with Crippen LogP contribution in [0.2, 0.25) is 0 Å². The number of aryl methyl sites for hydroxylation is 1. The summed E-state index contributed by atoms with van der Waals surface area (Å²) in [5.41, 5.74) is 0.718. The predicted octanol–water partition coefficient (Wildman–Crippen LogP) is 1.38. The van der Waals surface area contributed by atoms with Crippen LogP contribution in [-0.4, -0.2) is 15.5 Å². The lowest BCUT2D eigenvalue weighted by Crippen LogP contribution is -2.20. The van der Waals surface area contributed by atoms with Crippen molar-refractivity contribution in [2.45, 2.75) is 19.6 Å². The molecule has 0 fully saturated rings. The molecule has 0 amide bonds. The van der Waals surface area contributed by atoms with Gasteiger partial charge >= 0.3 is 5.97 Å². The van der Waals surface area contributed by atoms with E-state index in [-0.39, 0.29) is 24.6 Å². The molecule has 0 aliphatic rings. The van der Waals surface area contributed by atoms with Gasteiger partial charge in [0.15, 0.2) is 0 Å². The van der Waals surface area contributed by atoms with E-state index in [9.17, 15) is 9.59 Å². The van der Waals surface area contributed by atoms with Crippen LogP contribution >= 0.6 is 0 Å². The molecule has 2 rings (SSSR count). The molecule has 0 radical (unpaired) electrons. The maximum Gasteiger partial charge on any atom is 0.307 e. The largest absolute Gasteiger partial charge is 0.461 e. The number of ether oxygens (including phenoxy) is 1. The van der Waals surface area contributed by atoms with E-state index < -0.39 is 0 Å². The van der Waals surface area contributed by atoms with E-state index in [2.05, 4.69) is 4.98 Å². The fourth-order valence-corrected chi connectivity index (χ4v) is 1.58. The first kappa shape index (κ1) is 13.0. The molecule has 5 heteroatoms. The minimum absolute atomic E-state index is 0.123. The molecule has 98 valence electrons. The number of carbonyl (C=O) groups excluding carboxylic acids is 1. The first-order valence-electron chi connectivity index (χ1n) is 5.96. The Morgan fingerprint density at radius 3 is 2.89 bits per heavy atom. The Labute approximate surface area is 110 Å². The Morgan fingerprint density at radius 2 is 2.16 bits per heavy atom. The summed E-state index contributed by atoms with van der Waals surface area (Å²) in [4.78, 5) is 26.9. The van der Waals surface area contributed by atoms with Crippen molar-refractivity contribution in [3.63, 3.8) is 0 Å². The zero-order valence-electron chi connectivity index (χ0n) is 10.4. The van der Waals surface area contributed by atoms with E-state index in [1.165, 1.54) is 10.6 Å². The van der Waals surface area contributed by atoms with E-state index in [0.29, 0.717) is 6.54 Å². The second-order valence-corrected chi connectivity index (χ2v) is 4.00. The van der Waals surface area contributed by atoms with Gasteiger partial charge in [0.05, 0.1) is 6.42 Å². The summed E-state index contributed by atoms with van der Waals surface area (Å²) in [5.74, 6) is -0.334. The van der Waals surface area contributed by atoms with Crippen LogP contribution < -0.4 is 5.56 Å². The number of hydrogen-bond donors (Lipinski definition) is 0. The second-order valence-electron chi connectivity index (χ2n) is 4.00. The molecule has 0 N–H and O–H groups in total. The molecule has 0 saturated carbocycles. The van der Waals surface area contributed by atoms with Gasteiger partial charge in [0.1, 0.15) is 6.61 Å². The Morgan fingerprint density at radius 1 is 1.26 bits per heavy atom. The molecule has 0 aliphatic carbocycles. The quantitative estimate of drug-likeness (QED) is 0.760. The smallest absolute Gasteiger partial charge is 0.307 e. The van der Waals surface area contributed by atoms with Crippen LogP contribution in [0.5, 0.6) is 0 Å². The summed E-state index contributed by atoms with van der Waals surface area (Å²) in [6.45, 7) is 0.530. The molecule has 0 saturated heterocycles. The number of carbonyl (C=O) groups is 1. The molecule has 0 bridgehead atoms. The van der Waals surface area contributed by atoms with E-state index in [4.69, 9.17) is 4.74 Å². The van der Waals surface area contributed by atoms with Gasteiger partial charge < -0.3 is 9.30 Å². The number of pyridine rings is 2. The Bertz CT molecular complexity index is 593. The lowest BCUT2D eigenvalue weighted by molar-refractivity contribution is -0.145. The van der Waals surface area contributed by atoms with Crippen LogP contribution in [0.25, 0.3) is 0 Å². The molecule has 0 unspecified atom stereocenters. The van der Waals surface area contributed by atoms with Gasteiger partial charge in [-0.25, -0.2) is 0 Å². The van der Waals surface area contributed by atoms with Gasteiger partial charge in [0.25, 0.3) is 5.56 Å². The van der Waals surface area contributed by atoms with Gasteiger partial charge in [0.2, 0.25) is 0 Å². The summed E-state index contributed by atoms with van der Waals surface area (Å²) in [5, 5.41) is 0. The van der Waals surface area contributed by atoms with E-state index in [0.717, 1.165) is 5.56 Å². The van der Waals surface area contributed by atoms with Crippen molar-refractivity contribution in [1.29, 1.82) is 0 Å². The van der Waals surface area contributed by atoms with Crippen LogP contribution in [0.15, 0.2) is 53.7 Å². The van der Waals surface area contributed by atoms with Gasteiger partial charge in [-0.1, -0.05) is 12.1 Å². The molecule has 5 nitrogen and oxygen atoms in total. The van der Waals surface area contributed by atoms with Crippen molar-refractivity contribution in [3.8, 4) is 0 Å². The van der Waals surface area contributed by atoms with Gasteiger partial charge in [-0.2, -0.15) is 0 Å². The number of esters is 1. The normalized spacial score (nSPS) is 10.1. The fraction of sp³-hybridized carbons (Fsp3) is 0.214. The van der Waals surface area contributed by atoms with Crippen molar-refractivity contribution in [1.82, 2.24) is 9.55 Å². The second kappa shape index (κ2) is 6.49. The predicted molar refractivity (Wildman–Crippen MR) is 69.4 cm³/mol. The molecule has 0 aliphatic heterocycles. The summed E-state index contributed by atoms with van der Waals surface area (Å²) in [6.07, 6.45) is 5.13. The van der Waals surface area contributed by atoms with Crippen molar-refractivity contribution in [2.24, 2.45) is 0 Å². The highest BCUT2D eigenvalue weighted by Gasteiger charge is 2.04. The van der Waals surface area contributed by atoms with Gasteiger partial charge in [-0.3, -0.25) is 14.6 Å². The van der Waals surface area contributed by atoms with Crippen LogP contribution in [0.4, 0.5) is 0 Å². The highest BCUT2D eigenvalue weighted by atomic mass is 16.5. The van der Waals surface area contributed by atoms with Crippen molar-refractivity contribution < 1.29 is 9.53 Å². The molecular weight excluding hydrogens is 244 g/mol. The van der Waals surface area contributed by atoms with Gasteiger partial charge in [-0.15, -0.1) is 0 Å². The molecule has 0 atom stereocenters. The van der Waals surface area contributed by atoms with E-state index in [1.807, 2.05) is 6.07 Å². The Kier molecular flexibility index (Phi) is 4.44. The fourth-order valence-electron chi connectivity index (χ4n) is 1.58. The molecule has 2 aromatic rings. The number of aromatic nitrogens is 2. The zero-order valence-corrected chi connectivity index (χ0v) is 10.4. The third-order valence-corrected chi connectivity index (χ3v) is 2.58. The summed E-state index contributed by atoms with van der Waals surface area (Å²) in [6, 6.07) is 8.50. The number of rotatable bonds is 5. The van der Waals surface area contributed by atoms with Crippen LogP contribution in [-0.2, 0) is 22.7 Å². The minimum atomic E-state index is -0.334. The lowest BCUT2D eigenvalue weighted by Gasteiger charge is -2.06. The number of hydrogen-bond acceptors (Lipinski definition) is 4. The monoisotopic (exact) mass is 258 g/mol. The standard InChI is InChI=1S/C14H14N2O3/c17-13-5-1-2-8-16(13)9-6-14(18)19-11-12-4-3-7-15-10-12/h1-5,7-8,10H,6,9,11H2.